The zero-order valence-electron chi connectivity index (χ0n) is 12.6. The Kier molecular flexibility index (Phi) is 4.87. The minimum Gasteiger partial charge on any atom is -0.490 e. The highest BCUT2D eigenvalue weighted by molar-refractivity contribution is 5.35. The van der Waals surface area contributed by atoms with Gasteiger partial charge in [0.2, 0.25) is 0 Å². The minimum absolute atomic E-state index is 0.328. The number of benzene rings is 1. The third kappa shape index (κ3) is 3.73. The maximum Gasteiger partial charge on any atom is 0.124 e. The first kappa shape index (κ1) is 14.4. The fourth-order valence-corrected chi connectivity index (χ4v) is 3.25. The molecule has 0 heterocycles. The summed E-state index contributed by atoms with van der Waals surface area (Å²) >= 11 is 0. The molecule has 0 aliphatic heterocycles. The van der Waals surface area contributed by atoms with Gasteiger partial charge in [0.15, 0.2) is 0 Å². The Bertz CT molecular complexity index is 394. The number of nitrogens with one attached hydrogen (secondary N) is 1. The third-order valence-electron chi connectivity index (χ3n) is 4.25. The third-order valence-corrected chi connectivity index (χ3v) is 4.25. The topological polar surface area (TPSA) is 21.3 Å². The molecule has 3 atom stereocenters. The molecule has 1 N–H and O–H groups in total. The second kappa shape index (κ2) is 6.42. The van der Waals surface area contributed by atoms with Crippen LogP contribution in [0.4, 0.5) is 0 Å². The van der Waals surface area contributed by atoms with Crippen molar-refractivity contribution in [3.05, 3.63) is 29.8 Å². The summed E-state index contributed by atoms with van der Waals surface area (Å²) in [5, 5.41) is 3.30. The summed E-state index contributed by atoms with van der Waals surface area (Å²) in [5.74, 6) is 2.61. The first-order valence-electron chi connectivity index (χ1n) is 7.53. The summed E-state index contributed by atoms with van der Waals surface area (Å²) in [7, 11) is 1.99. The molecule has 3 unspecified atom stereocenters. The van der Waals surface area contributed by atoms with Gasteiger partial charge in [0.25, 0.3) is 0 Å². The van der Waals surface area contributed by atoms with Crippen molar-refractivity contribution in [1.29, 1.82) is 0 Å². The Labute approximate surface area is 117 Å². The molecule has 0 amide bonds. The molecule has 0 radical (unpaired) electrons. The van der Waals surface area contributed by atoms with Crippen molar-refractivity contribution in [2.24, 2.45) is 11.8 Å². The van der Waals surface area contributed by atoms with Gasteiger partial charge in [-0.2, -0.15) is 0 Å². The fourth-order valence-electron chi connectivity index (χ4n) is 3.25. The Morgan fingerprint density at radius 2 is 1.74 bits per heavy atom. The predicted octanol–water partition coefficient (Wildman–Crippen LogP) is 4.17. The van der Waals surface area contributed by atoms with Crippen LogP contribution in [0.3, 0.4) is 0 Å². The number of ether oxygens (including phenoxy) is 1. The van der Waals surface area contributed by atoms with E-state index in [2.05, 4.69) is 50.4 Å². The SMILES string of the molecule is CNC(C)c1ccccc1OC1CC(C)CC(C)C1. The molecule has 1 aromatic carbocycles. The lowest BCUT2D eigenvalue weighted by molar-refractivity contribution is 0.0996. The second-order valence-corrected chi connectivity index (χ2v) is 6.21. The molecule has 1 fully saturated rings. The van der Waals surface area contributed by atoms with Gasteiger partial charge in [-0.3, -0.25) is 0 Å². The molecule has 0 spiro atoms. The van der Waals surface area contributed by atoms with Crippen LogP contribution in [-0.4, -0.2) is 13.2 Å². The average Bonchev–Trinajstić information content (AvgIpc) is 2.37. The van der Waals surface area contributed by atoms with Crippen LogP contribution in [0.25, 0.3) is 0 Å². The molecular weight excluding hydrogens is 234 g/mol. The van der Waals surface area contributed by atoms with Crippen LogP contribution < -0.4 is 10.1 Å². The van der Waals surface area contributed by atoms with E-state index in [0.29, 0.717) is 12.1 Å². The van der Waals surface area contributed by atoms with E-state index in [1.54, 1.807) is 0 Å². The van der Waals surface area contributed by atoms with E-state index in [9.17, 15) is 0 Å². The quantitative estimate of drug-likeness (QED) is 0.878. The normalized spacial score (nSPS) is 28.9. The van der Waals surface area contributed by atoms with Crippen LogP contribution in [0, 0.1) is 11.8 Å². The average molecular weight is 261 g/mol. The summed E-state index contributed by atoms with van der Waals surface area (Å²) < 4.78 is 6.31. The van der Waals surface area contributed by atoms with E-state index < -0.39 is 0 Å². The number of rotatable bonds is 4. The number of hydrogen-bond donors (Lipinski definition) is 1. The molecule has 1 saturated carbocycles. The summed E-state index contributed by atoms with van der Waals surface area (Å²) in [4.78, 5) is 0. The molecule has 0 aromatic heterocycles. The zero-order valence-corrected chi connectivity index (χ0v) is 12.6. The number of hydrogen-bond acceptors (Lipinski definition) is 2. The highest BCUT2D eigenvalue weighted by Crippen LogP contribution is 2.33. The minimum atomic E-state index is 0.328. The molecule has 2 rings (SSSR count). The van der Waals surface area contributed by atoms with Crippen LogP contribution in [0.2, 0.25) is 0 Å². The lowest BCUT2D eigenvalue weighted by Gasteiger charge is -2.32. The van der Waals surface area contributed by atoms with Crippen LogP contribution in [-0.2, 0) is 0 Å². The highest BCUT2D eigenvalue weighted by Gasteiger charge is 2.26. The van der Waals surface area contributed by atoms with E-state index in [4.69, 9.17) is 4.74 Å². The van der Waals surface area contributed by atoms with Gasteiger partial charge in [0.1, 0.15) is 5.75 Å². The molecule has 1 aliphatic carbocycles. The van der Waals surface area contributed by atoms with Crippen LogP contribution in [0.5, 0.6) is 5.75 Å². The smallest absolute Gasteiger partial charge is 0.124 e. The van der Waals surface area contributed by atoms with E-state index in [1.807, 2.05) is 7.05 Å². The molecule has 2 heteroatoms. The Morgan fingerprint density at radius 3 is 2.37 bits per heavy atom. The highest BCUT2D eigenvalue weighted by atomic mass is 16.5. The van der Waals surface area contributed by atoms with Gasteiger partial charge in [-0.25, -0.2) is 0 Å². The van der Waals surface area contributed by atoms with Gasteiger partial charge in [0.05, 0.1) is 6.10 Å². The summed E-state index contributed by atoms with van der Waals surface area (Å²) in [6.07, 6.45) is 4.09. The van der Waals surface area contributed by atoms with Gasteiger partial charge in [-0.05, 0) is 51.1 Å². The van der Waals surface area contributed by atoms with Gasteiger partial charge in [-0.1, -0.05) is 32.0 Å². The maximum absolute atomic E-state index is 6.31. The Hall–Kier alpha value is -1.02. The van der Waals surface area contributed by atoms with Crippen molar-refractivity contribution >= 4 is 0 Å². The van der Waals surface area contributed by atoms with E-state index in [0.717, 1.165) is 17.6 Å². The van der Waals surface area contributed by atoms with E-state index in [1.165, 1.54) is 24.8 Å². The molecule has 1 aromatic rings. The van der Waals surface area contributed by atoms with Gasteiger partial charge in [-0.15, -0.1) is 0 Å². The molecule has 1 aliphatic rings. The van der Waals surface area contributed by atoms with Crippen molar-refractivity contribution in [2.75, 3.05) is 7.05 Å². The summed E-state index contributed by atoms with van der Waals surface area (Å²) in [6, 6.07) is 8.74. The van der Waals surface area contributed by atoms with Crippen molar-refractivity contribution in [3.63, 3.8) is 0 Å². The molecule has 106 valence electrons. The predicted molar refractivity (Wildman–Crippen MR) is 80.5 cm³/mol. The van der Waals surface area contributed by atoms with Crippen molar-refractivity contribution in [2.45, 2.75) is 52.2 Å². The standard InChI is InChI=1S/C17H27NO/c1-12-9-13(2)11-15(10-12)19-17-8-6-5-7-16(17)14(3)18-4/h5-8,12-15,18H,9-11H2,1-4H3. The van der Waals surface area contributed by atoms with Gasteiger partial charge < -0.3 is 10.1 Å². The summed E-state index contributed by atoms with van der Waals surface area (Å²) in [5.41, 5.74) is 1.26. The molecule has 0 saturated heterocycles. The largest absolute Gasteiger partial charge is 0.490 e. The Balaban J connectivity index is 2.10. The Morgan fingerprint density at radius 1 is 1.11 bits per heavy atom. The van der Waals surface area contributed by atoms with E-state index in [-0.39, 0.29) is 0 Å². The van der Waals surface area contributed by atoms with Crippen molar-refractivity contribution in [1.82, 2.24) is 5.32 Å². The van der Waals surface area contributed by atoms with Crippen LogP contribution in [0.15, 0.2) is 24.3 Å². The zero-order chi connectivity index (χ0) is 13.8. The molecule has 0 bridgehead atoms. The second-order valence-electron chi connectivity index (χ2n) is 6.21. The first-order valence-corrected chi connectivity index (χ1v) is 7.53. The molecule has 2 nitrogen and oxygen atoms in total. The van der Waals surface area contributed by atoms with Gasteiger partial charge in [0, 0.05) is 11.6 Å². The van der Waals surface area contributed by atoms with Crippen molar-refractivity contribution < 1.29 is 4.74 Å². The van der Waals surface area contributed by atoms with Crippen molar-refractivity contribution in [3.8, 4) is 5.75 Å². The van der Waals surface area contributed by atoms with Crippen LogP contribution in [0.1, 0.15) is 51.6 Å². The first-order chi connectivity index (χ1) is 9.10. The lowest BCUT2D eigenvalue weighted by Crippen LogP contribution is -2.29. The molecule has 19 heavy (non-hydrogen) atoms. The van der Waals surface area contributed by atoms with E-state index >= 15 is 0 Å². The van der Waals surface area contributed by atoms with Crippen LogP contribution >= 0.6 is 0 Å². The fraction of sp³-hybridized carbons (Fsp3) is 0.647. The lowest BCUT2D eigenvalue weighted by atomic mass is 9.82. The molecular formula is C17H27NO. The van der Waals surface area contributed by atoms with Gasteiger partial charge >= 0.3 is 0 Å². The maximum atomic E-state index is 6.31. The summed E-state index contributed by atoms with van der Waals surface area (Å²) in [6.45, 7) is 6.86. The monoisotopic (exact) mass is 261 g/mol. The number of para-hydroxylation sites is 1.